The molecule has 0 amide bonds. The van der Waals surface area contributed by atoms with Crippen LogP contribution in [0.2, 0.25) is 0 Å². The number of aromatic nitrogens is 2. The summed E-state index contributed by atoms with van der Waals surface area (Å²) in [5.41, 5.74) is 24.0. The molecule has 302 valence electrons. The van der Waals surface area contributed by atoms with Gasteiger partial charge in [-0.3, -0.25) is 0 Å². The Hall–Kier alpha value is -7.16. The van der Waals surface area contributed by atoms with Crippen molar-refractivity contribution >= 4 is 0 Å². The molecule has 0 bridgehead atoms. The smallest absolute Gasteiger partial charge is 0.160 e. The average molecular weight is 809 g/mol. The standard InChI is InChI=1S/C61H48N2/c1-60(2)53-32-31-48(36-50(53)52-38-56-51(37-55(52)60)49-21-10-11-22-54(49)61(56)33-12-5-13-34-61)47-20-14-19-46(35-47)42-25-29-44(30-26-42)58-39-57(62-59(63-58)45-17-8-4-9-18-45)43-27-23-41(24-28-43)40-15-6-3-7-16-40/h3-4,6-11,14-32,35-39H,5,12-13,33-34H2,1-2H3. The van der Waals surface area contributed by atoms with Crippen molar-refractivity contribution < 1.29 is 0 Å². The molecule has 0 radical (unpaired) electrons. The summed E-state index contributed by atoms with van der Waals surface area (Å²) in [5.74, 6) is 0.718. The SMILES string of the molecule is CC1(C)c2ccc(-c3cccc(-c4ccc(-c5cc(-c6ccc(-c7ccccc7)cc6)nc(-c6ccccc6)n5)cc4)c3)cc2-c2cc3c(cc21)-c1ccccc1C31CCCCC1. The fourth-order valence-electron chi connectivity index (χ4n) is 11.2. The lowest BCUT2D eigenvalue weighted by Crippen LogP contribution is -2.28. The average Bonchev–Trinajstić information content (AvgIpc) is 3.74. The maximum absolute atomic E-state index is 5.12. The van der Waals surface area contributed by atoms with Crippen LogP contribution in [0.4, 0.5) is 0 Å². The minimum atomic E-state index is -0.0711. The van der Waals surface area contributed by atoms with Gasteiger partial charge in [-0.05, 0) is 121 Å². The van der Waals surface area contributed by atoms with Crippen LogP contribution >= 0.6 is 0 Å². The summed E-state index contributed by atoms with van der Waals surface area (Å²) in [7, 11) is 0. The summed E-state index contributed by atoms with van der Waals surface area (Å²) in [4.78, 5) is 10.2. The molecule has 0 saturated heterocycles. The fraction of sp³-hybridized carbons (Fsp3) is 0.148. The van der Waals surface area contributed by atoms with Crippen LogP contribution in [-0.2, 0) is 10.8 Å². The van der Waals surface area contributed by atoms with E-state index in [0.717, 1.165) is 33.9 Å². The van der Waals surface area contributed by atoms with Gasteiger partial charge in [-0.2, -0.15) is 0 Å². The first-order valence-electron chi connectivity index (χ1n) is 22.7. The van der Waals surface area contributed by atoms with Gasteiger partial charge in [0.2, 0.25) is 0 Å². The molecule has 8 aromatic carbocycles. The molecule has 2 nitrogen and oxygen atoms in total. The molecule has 0 unspecified atom stereocenters. The zero-order chi connectivity index (χ0) is 42.1. The van der Waals surface area contributed by atoms with Crippen molar-refractivity contribution in [1.82, 2.24) is 9.97 Å². The summed E-state index contributed by atoms with van der Waals surface area (Å²) in [6, 6.07) is 71.2. The first-order valence-corrected chi connectivity index (χ1v) is 22.7. The van der Waals surface area contributed by atoms with Gasteiger partial charge >= 0.3 is 0 Å². The Balaban J connectivity index is 0.875. The molecular formula is C61H48N2. The third kappa shape index (κ3) is 6.22. The second-order valence-electron chi connectivity index (χ2n) is 18.4. The lowest BCUT2D eigenvalue weighted by molar-refractivity contribution is 0.353. The van der Waals surface area contributed by atoms with Crippen LogP contribution in [0, 0.1) is 0 Å². The van der Waals surface area contributed by atoms with Crippen LogP contribution in [-0.4, -0.2) is 9.97 Å². The lowest BCUT2D eigenvalue weighted by atomic mass is 9.67. The summed E-state index contributed by atoms with van der Waals surface area (Å²) in [6.07, 6.45) is 6.45. The molecule has 12 rings (SSSR count). The summed E-state index contributed by atoms with van der Waals surface area (Å²) < 4.78 is 0. The molecular weight excluding hydrogens is 761 g/mol. The predicted octanol–water partition coefficient (Wildman–Crippen LogP) is 16.0. The fourth-order valence-corrected chi connectivity index (χ4v) is 11.2. The topological polar surface area (TPSA) is 25.8 Å². The minimum absolute atomic E-state index is 0.0711. The number of hydrogen-bond donors (Lipinski definition) is 0. The highest BCUT2D eigenvalue weighted by atomic mass is 14.9. The third-order valence-corrected chi connectivity index (χ3v) is 14.5. The Labute approximate surface area is 371 Å². The van der Waals surface area contributed by atoms with Crippen molar-refractivity contribution in [3.05, 3.63) is 216 Å². The number of nitrogens with zero attached hydrogens (tertiary/aromatic N) is 2. The second kappa shape index (κ2) is 14.7. The van der Waals surface area contributed by atoms with E-state index in [1.54, 1.807) is 11.1 Å². The van der Waals surface area contributed by atoms with E-state index >= 15 is 0 Å². The molecule has 3 aliphatic carbocycles. The number of rotatable bonds is 6. The highest BCUT2D eigenvalue weighted by molar-refractivity contribution is 5.91. The molecule has 1 aromatic heterocycles. The lowest BCUT2D eigenvalue weighted by Gasteiger charge is -2.36. The maximum Gasteiger partial charge on any atom is 0.160 e. The van der Waals surface area contributed by atoms with Gasteiger partial charge in [0.25, 0.3) is 0 Å². The molecule has 1 fully saturated rings. The van der Waals surface area contributed by atoms with E-state index in [0.29, 0.717) is 0 Å². The van der Waals surface area contributed by atoms with Crippen molar-refractivity contribution in [2.24, 2.45) is 0 Å². The molecule has 0 atom stereocenters. The van der Waals surface area contributed by atoms with Crippen LogP contribution in [0.15, 0.2) is 194 Å². The van der Waals surface area contributed by atoms with Crippen molar-refractivity contribution in [2.45, 2.75) is 56.8 Å². The van der Waals surface area contributed by atoms with Gasteiger partial charge in [0.1, 0.15) is 0 Å². The second-order valence-corrected chi connectivity index (χ2v) is 18.4. The zero-order valence-electron chi connectivity index (χ0n) is 35.9. The number of benzene rings is 8. The van der Waals surface area contributed by atoms with Gasteiger partial charge in [-0.25, -0.2) is 9.97 Å². The summed E-state index contributed by atoms with van der Waals surface area (Å²) in [5, 5.41) is 0. The van der Waals surface area contributed by atoms with E-state index < -0.39 is 0 Å². The first-order chi connectivity index (χ1) is 30.9. The van der Waals surface area contributed by atoms with Crippen LogP contribution in [0.5, 0.6) is 0 Å². The molecule has 1 heterocycles. The Morgan fingerprint density at radius 3 is 1.48 bits per heavy atom. The highest BCUT2D eigenvalue weighted by Crippen LogP contribution is 2.60. The van der Waals surface area contributed by atoms with E-state index in [9.17, 15) is 0 Å². The summed E-state index contributed by atoms with van der Waals surface area (Å²) >= 11 is 0. The van der Waals surface area contributed by atoms with Crippen LogP contribution in [0.25, 0.3) is 89.5 Å². The number of fused-ring (bicyclic) bond motifs is 8. The number of hydrogen-bond acceptors (Lipinski definition) is 2. The molecule has 0 aliphatic heterocycles. The normalized spacial score (nSPS) is 15.1. The van der Waals surface area contributed by atoms with Crippen molar-refractivity contribution in [3.63, 3.8) is 0 Å². The maximum atomic E-state index is 5.12. The molecule has 9 aromatic rings. The third-order valence-electron chi connectivity index (χ3n) is 14.5. The van der Waals surface area contributed by atoms with Crippen molar-refractivity contribution in [1.29, 1.82) is 0 Å². The molecule has 1 spiro atoms. The quantitative estimate of drug-likeness (QED) is 0.167. The van der Waals surface area contributed by atoms with Gasteiger partial charge in [-0.15, -0.1) is 0 Å². The van der Waals surface area contributed by atoms with Crippen LogP contribution < -0.4 is 0 Å². The van der Waals surface area contributed by atoms with Crippen LogP contribution in [0.1, 0.15) is 68.2 Å². The molecule has 3 aliphatic rings. The van der Waals surface area contributed by atoms with Crippen LogP contribution in [0.3, 0.4) is 0 Å². The van der Waals surface area contributed by atoms with Gasteiger partial charge in [0, 0.05) is 27.5 Å². The van der Waals surface area contributed by atoms with Gasteiger partial charge in [0.05, 0.1) is 11.4 Å². The monoisotopic (exact) mass is 808 g/mol. The molecule has 1 saturated carbocycles. The highest BCUT2D eigenvalue weighted by Gasteiger charge is 2.46. The predicted molar refractivity (Wildman–Crippen MR) is 262 cm³/mol. The van der Waals surface area contributed by atoms with Gasteiger partial charge < -0.3 is 0 Å². The zero-order valence-corrected chi connectivity index (χ0v) is 35.9. The van der Waals surface area contributed by atoms with Crippen molar-refractivity contribution in [2.75, 3.05) is 0 Å². The Morgan fingerprint density at radius 1 is 0.317 bits per heavy atom. The van der Waals surface area contributed by atoms with Crippen molar-refractivity contribution in [3.8, 4) is 89.5 Å². The van der Waals surface area contributed by atoms with Gasteiger partial charge in [-0.1, -0.05) is 197 Å². The largest absolute Gasteiger partial charge is 0.228 e. The van der Waals surface area contributed by atoms with E-state index in [2.05, 4.69) is 190 Å². The minimum Gasteiger partial charge on any atom is -0.228 e. The van der Waals surface area contributed by atoms with E-state index in [1.807, 2.05) is 18.2 Å². The Kier molecular flexibility index (Phi) is 8.80. The molecule has 2 heteroatoms. The van der Waals surface area contributed by atoms with E-state index in [4.69, 9.17) is 9.97 Å². The Bertz CT molecular complexity index is 3190. The van der Waals surface area contributed by atoms with E-state index in [-0.39, 0.29) is 10.8 Å². The molecule has 63 heavy (non-hydrogen) atoms. The first kappa shape index (κ1) is 37.6. The summed E-state index contributed by atoms with van der Waals surface area (Å²) in [6.45, 7) is 4.83. The van der Waals surface area contributed by atoms with Gasteiger partial charge in [0.15, 0.2) is 5.82 Å². The Morgan fingerprint density at radius 2 is 0.794 bits per heavy atom. The molecule has 0 N–H and O–H groups in total. The van der Waals surface area contributed by atoms with E-state index in [1.165, 1.54) is 98.9 Å².